The molecule has 2 saturated heterocycles. The van der Waals surface area contributed by atoms with E-state index in [1.165, 1.54) is 0 Å². The van der Waals surface area contributed by atoms with E-state index < -0.39 is 0 Å². The average molecular weight is 427 g/mol. The van der Waals surface area contributed by atoms with Crippen molar-refractivity contribution in [3.63, 3.8) is 0 Å². The second kappa shape index (κ2) is 10.1. The van der Waals surface area contributed by atoms with E-state index in [1.807, 2.05) is 33.7 Å². The van der Waals surface area contributed by atoms with Crippen molar-refractivity contribution in [3.8, 4) is 0 Å². The molecule has 2 aromatic heterocycles. The fraction of sp³-hybridized carbons (Fsp3) is 0.636. The lowest BCUT2D eigenvalue weighted by molar-refractivity contribution is -0.135. The first kappa shape index (κ1) is 21.5. The van der Waals surface area contributed by atoms with Crippen LogP contribution in [0.5, 0.6) is 0 Å². The van der Waals surface area contributed by atoms with Crippen molar-refractivity contribution in [2.45, 2.75) is 39.2 Å². The van der Waals surface area contributed by atoms with Crippen LogP contribution in [0.25, 0.3) is 5.65 Å². The largest absolute Gasteiger partial charge is 0.357 e. The average Bonchev–Trinajstić information content (AvgIpc) is 3.48. The third kappa shape index (κ3) is 4.98. The number of pyridine rings is 1. The van der Waals surface area contributed by atoms with Crippen molar-refractivity contribution in [1.82, 2.24) is 34.6 Å². The van der Waals surface area contributed by atoms with Crippen molar-refractivity contribution in [2.24, 2.45) is 4.99 Å². The van der Waals surface area contributed by atoms with E-state index in [0.717, 1.165) is 82.5 Å². The molecule has 31 heavy (non-hydrogen) atoms. The van der Waals surface area contributed by atoms with Crippen LogP contribution in [0.15, 0.2) is 29.4 Å². The first-order chi connectivity index (χ1) is 15.2. The maximum Gasteiger partial charge on any atom is 0.239 e. The second-order valence-corrected chi connectivity index (χ2v) is 8.26. The maximum absolute atomic E-state index is 12.7. The summed E-state index contributed by atoms with van der Waals surface area (Å²) in [4.78, 5) is 24.2. The Labute approximate surface area is 184 Å². The highest BCUT2D eigenvalue weighted by atomic mass is 16.2. The van der Waals surface area contributed by atoms with Crippen LogP contribution in [-0.2, 0) is 11.2 Å². The summed E-state index contributed by atoms with van der Waals surface area (Å²) < 4.78 is 2.01. The van der Waals surface area contributed by atoms with E-state index >= 15 is 0 Å². The number of hydrogen-bond donors (Lipinski definition) is 1. The van der Waals surface area contributed by atoms with Gasteiger partial charge in [-0.3, -0.25) is 19.1 Å². The summed E-state index contributed by atoms with van der Waals surface area (Å²) in [7, 11) is 0. The Bertz CT molecular complexity index is 896. The molecule has 0 spiro atoms. The van der Waals surface area contributed by atoms with Gasteiger partial charge in [-0.2, -0.15) is 0 Å². The van der Waals surface area contributed by atoms with Crippen molar-refractivity contribution in [2.75, 3.05) is 52.4 Å². The molecule has 1 N–H and O–H groups in total. The molecule has 2 aliphatic heterocycles. The Morgan fingerprint density at radius 1 is 1.10 bits per heavy atom. The van der Waals surface area contributed by atoms with E-state index in [-0.39, 0.29) is 11.9 Å². The topological polar surface area (TPSA) is 81.4 Å². The molecule has 2 aromatic rings. The van der Waals surface area contributed by atoms with Gasteiger partial charge in [0.15, 0.2) is 11.6 Å². The molecule has 1 unspecified atom stereocenters. The van der Waals surface area contributed by atoms with E-state index in [0.29, 0.717) is 6.54 Å². The van der Waals surface area contributed by atoms with Gasteiger partial charge in [0.2, 0.25) is 5.91 Å². The van der Waals surface area contributed by atoms with E-state index in [2.05, 4.69) is 39.2 Å². The number of nitrogens with zero attached hydrogens (tertiary/aromatic N) is 7. The molecule has 2 aliphatic rings. The molecule has 0 aromatic carbocycles. The minimum atomic E-state index is -0.0407. The van der Waals surface area contributed by atoms with Crippen molar-refractivity contribution in [3.05, 3.63) is 30.2 Å². The molecule has 0 bridgehead atoms. The predicted octanol–water partition coefficient (Wildman–Crippen LogP) is 0.866. The zero-order chi connectivity index (χ0) is 21.6. The molecule has 168 valence electrons. The van der Waals surface area contributed by atoms with Gasteiger partial charge in [0, 0.05) is 65.0 Å². The molecular formula is C22H34N8O. The fourth-order valence-electron chi connectivity index (χ4n) is 4.43. The number of piperazine rings is 1. The molecule has 2 fully saturated rings. The Hall–Kier alpha value is -2.68. The van der Waals surface area contributed by atoms with Crippen molar-refractivity contribution < 1.29 is 4.79 Å². The number of carbonyl (C=O) groups excluding carboxylic acids is 1. The molecule has 4 rings (SSSR count). The zero-order valence-corrected chi connectivity index (χ0v) is 18.7. The number of rotatable bonds is 6. The smallest absolute Gasteiger partial charge is 0.239 e. The SMILES string of the molecule is CCNC(=NCCc1nnc2ccccn12)N1CCN(C(C)C(=O)N2CCCC2)CC1. The Kier molecular flexibility index (Phi) is 7.01. The van der Waals surface area contributed by atoms with Gasteiger partial charge in [-0.05, 0) is 38.8 Å². The van der Waals surface area contributed by atoms with Crippen LogP contribution in [0.3, 0.4) is 0 Å². The summed E-state index contributed by atoms with van der Waals surface area (Å²) in [5.74, 6) is 2.15. The maximum atomic E-state index is 12.7. The van der Waals surface area contributed by atoms with E-state index in [9.17, 15) is 4.79 Å². The van der Waals surface area contributed by atoms with Crippen molar-refractivity contribution >= 4 is 17.5 Å². The molecule has 1 atom stereocenters. The molecule has 9 nitrogen and oxygen atoms in total. The number of nitrogens with one attached hydrogen (secondary N) is 1. The third-order valence-electron chi connectivity index (χ3n) is 6.25. The van der Waals surface area contributed by atoms with Crippen LogP contribution in [-0.4, -0.2) is 99.6 Å². The summed E-state index contributed by atoms with van der Waals surface area (Å²) >= 11 is 0. The van der Waals surface area contributed by atoms with Crippen LogP contribution >= 0.6 is 0 Å². The predicted molar refractivity (Wildman–Crippen MR) is 121 cm³/mol. The van der Waals surface area contributed by atoms with Crippen LogP contribution in [0.4, 0.5) is 0 Å². The first-order valence-corrected chi connectivity index (χ1v) is 11.5. The highest BCUT2D eigenvalue weighted by molar-refractivity contribution is 5.82. The number of carbonyl (C=O) groups is 1. The van der Waals surface area contributed by atoms with Gasteiger partial charge in [-0.25, -0.2) is 0 Å². The zero-order valence-electron chi connectivity index (χ0n) is 18.7. The lowest BCUT2D eigenvalue weighted by Crippen LogP contribution is -2.57. The minimum absolute atomic E-state index is 0.0407. The van der Waals surface area contributed by atoms with Gasteiger partial charge in [-0.1, -0.05) is 6.07 Å². The van der Waals surface area contributed by atoms with Gasteiger partial charge in [0.25, 0.3) is 0 Å². The van der Waals surface area contributed by atoms with Crippen LogP contribution < -0.4 is 5.32 Å². The highest BCUT2D eigenvalue weighted by Gasteiger charge is 2.30. The Morgan fingerprint density at radius 2 is 1.87 bits per heavy atom. The van der Waals surface area contributed by atoms with Crippen LogP contribution in [0.1, 0.15) is 32.5 Å². The molecule has 0 aliphatic carbocycles. The summed E-state index contributed by atoms with van der Waals surface area (Å²) in [6.45, 7) is 11.0. The third-order valence-corrected chi connectivity index (χ3v) is 6.25. The standard InChI is InChI=1S/C22H34N8O/c1-3-23-22(24-10-9-20-26-25-19-8-4-5-13-30(19)20)29-16-14-27(15-17-29)18(2)21(31)28-11-6-7-12-28/h4-5,8,13,18H,3,6-7,9-12,14-17H2,1-2H3,(H,23,24). The van der Waals surface area contributed by atoms with Gasteiger partial charge >= 0.3 is 0 Å². The molecule has 1 amide bonds. The second-order valence-electron chi connectivity index (χ2n) is 8.26. The quantitative estimate of drug-likeness (QED) is 0.545. The van der Waals surface area contributed by atoms with Crippen LogP contribution in [0, 0.1) is 0 Å². The first-order valence-electron chi connectivity index (χ1n) is 11.5. The summed E-state index contributed by atoms with van der Waals surface area (Å²) in [5.41, 5.74) is 0.863. The Balaban J connectivity index is 1.32. The monoisotopic (exact) mass is 426 g/mol. The lowest BCUT2D eigenvalue weighted by Gasteiger charge is -2.39. The molecular weight excluding hydrogens is 392 g/mol. The van der Waals surface area contributed by atoms with Crippen molar-refractivity contribution in [1.29, 1.82) is 0 Å². The van der Waals surface area contributed by atoms with E-state index in [1.54, 1.807) is 0 Å². The number of amides is 1. The van der Waals surface area contributed by atoms with Gasteiger partial charge in [0.1, 0.15) is 5.82 Å². The molecule has 9 heteroatoms. The lowest BCUT2D eigenvalue weighted by atomic mass is 10.2. The van der Waals surface area contributed by atoms with E-state index in [4.69, 9.17) is 4.99 Å². The van der Waals surface area contributed by atoms with Gasteiger partial charge < -0.3 is 15.1 Å². The normalized spacial score (nSPS) is 19.2. The fourth-order valence-corrected chi connectivity index (χ4v) is 4.43. The number of aromatic nitrogens is 3. The molecule has 0 radical (unpaired) electrons. The van der Waals surface area contributed by atoms with Gasteiger partial charge in [-0.15, -0.1) is 10.2 Å². The number of fused-ring (bicyclic) bond motifs is 1. The Morgan fingerprint density at radius 3 is 2.61 bits per heavy atom. The number of guanidine groups is 1. The minimum Gasteiger partial charge on any atom is -0.357 e. The van der Waals surface area contributed by atoms with Gasteiger partial charge in [0.05, 0.1) is 6.04 Å². The molecule has 0 saturated carbocycles. The summed E-state index contributed by atoms with van der Waals surface area (Å²) in [5, 5.41) is 11.9. The summed E-state index contributed by atoms with van der Waals surface area (Å²) in [6, 6.07) is 5.87. The molecule has 4 heterocycles. The number of aliphatic imine (C=N–C) groups is 1. The van der Waals surface area contributed by atoms with Crippen LogP contribution in [0.2, 0.25) is 0 Å². The summed E-state index contributed by atoms with van der Waals surface area (Å²) in [6.07, 6.45) is 5.00. The number of hydrogen-bond acceptors (Lipinski definition) is 5. The number of likely N-dealkylation sites (tertiary alicyclic amines) is 1. The highest BCUT2D eigenvalue weighted by Crippen LogP contribution is 2.14.